The number of ketones is 1. The van der Waals surface area contributed by atoms with Crippen molar-refractivity contribution in [2.75, 3.05) is 17.3 Å². The highest BCUT2D eigenvalue weighted by atomic mass is 32.2. The van der Waals surface area contributed by atoms with Crippen LogP contribution in [0.4, 0.5) is 0 Å². The van der Waals surface area contributed by atoms with Crippen LogP contribution < -0.4 is 0 Å². The van der Waals surface area contributed by atoms with Crippen LogP contribution in [0.25, 0.3) is 0 Å². The zero-order valence-corrected chi connectivity index (χ0v) is 18.5. The molecule has 0 N–H and O–H groups in total. The first-order valence-electron chi connectivity index (χ1n) is 10.2. The summed E-state index contributed by atoms with van der Waals surface area (Å²) in [6.07, 6.45) is 6.46. The fraction of sp³-hybridized carbons (Fsp3) is 0.650. The monoisotopic (exact) mass is 437 g/mol. The predicted molar refractivity (Wildman–Crippen MR) is 111 cm³/mol. The van der Waals surface area contributed by atoms with Crippen molar-refractivity contribution in [1.82, 2.24) is 14.8 Å². The number of thioether (sulfide) groups is 1. The Morgan fingerprint density at radius 2 is 1.97 bits per heavy atom. The van der Waals surface area contributed by atoms with E-state index >= 15 is 0 Å². The zero-order valence-electron chi connectivity index (χ0n) is 16.9. The molecule has 0 amide bonds. The molecular formula is C20H27N3O4S2. The minimum Gasteiger partial charge on any atom is -0.416 e. The van der Waals surface area contributed by atoms with Gasteiger partial charge in [0.15, 0.2) is 15.6 Å². The number of hydrogen-bond donors (Lipinski definition) is 0. The van der Waals surface area contributed by atoms with E-state index in [0.29, 0.717) is 29.0 Å². The van der Waals surface area contributed by atoms with Crippen molar-refractivity contribution in [2.24, 2.45) is 0 Å². The standard InChI is InChI=1S/C20H27N3O4S2/c1-13-10-17(14(2)23(13)16-8-9-29(25,26)12-16)18(24)11-28-20-22-21-19(27-20)15-6-4-3-5-7-15/h10,15-16H,3-9,11-12H2,1-2H3. The Hall–Kier alpha value is -1.61. The first kappa shape index (κ1) is 20.7. The summed E-state index contributed by atoms with van der Waals surface area (Å²) in [6.45, 7) is 3.82. The molecule has 4 rings (SSSR count). The Labute approximate surface area is 175 Å². The van der Waals surface area contributed by atoms with Crippen molar-refractivity contribution in [1.29, 1.82) is 0 Å². The molecule has 0 aromatic carbocycles. The predicted octanol–water partition coefficient (Wildman–Crippen LogP) is 3.87. The lowest BCUT2D eigenvalue weighted by atomic mass is 9.89. The number of rotatable bonds is 6. The van der Waals surface area contributed by atoms with Gasteiger partial charge in [-0.3, -0.25) is 4.79 Å². The second-order valence-electron chi connectivity index (χ2n) is 8.16. The van der Waals surface area contributed by atoms with Gasteiger partial charge in [0.1, 0.15) is 0 Å². The first-order chi connectivity index (χ1) is 13.8. The number of hydrogen-bond acceptors (Lipinski definition) is 7. The molecule has 0 radical (unpaired) electrons. The highest BCUT2D eigenvalue weighted by molar-refractivity contribution is 7.99. The molecule has 9 heteroatoms. The van der Waals surface area contributed by atoms with E-state index in [4.69, 9.17) is 4.42 Å². The molecule has 1 saturated carbocycles. The molecule has 1 aliphatic carbocycles. The normalized spacial score (nSPS) is 22.2. The first-order valence-corrected chi connectivity index (χ1v) is 13.0. The summed E-state index contributed by atoms with van der Waals surface area (Å²) in [5.74, 6) is 1.63. The molecule has 1 saturated heterocycles. The van der Waals surface area contributed by atoms with Crippen LogP contribution in [0.15, 0.2) is 15.7 Å². The molecule has 2 fully saturated rings. The van der Waals surface area contributed by atoms with E-state index in [-0.39, 0.29) is 29.1 Å². The number of aromatic nitrogens is 3. The minimum atomic E-state index is -2.98. The molecule has 29 heavy (non-hydrogen) atoms. The number of nitrogens with zero attached hydrogens (tertiary/aromatic N) is 3. The van der Waals surface area contributed by atoms with E-state index < -0.39 is 9.84 Å². The number of carbonyl (C=O) groups excluding carboxylic acids is 1. The van der Waals surface area contributed by atoms with Crippen molar-refractivity contribution in [3.05, 3.63) is 28.9 Å². The molecule has 2 aliphatic rings. The van der Waals surface area contributed by atoms with Gasteiger partial charge >= 0.3 is 0 Å². The lowest BCUT2D eigenvalue weighted by Gasteiger charge is -2.17. The van der Waals surface area contributed by atoms with Gasteiger partial charge in [0.2, 0.25) is 5.89 Å². The Bertz CT molecular complexity index is 1000. The third kappa shape index (κ3) is 4.45. The summed E-state index contributed by atoms with van der Waals surface area (Å²) in [6, 6.07) is 1.79. The average molecular weight is 438 g/mol. The van der Waals surface area contributed by atoms with Gasteiger partial charge in [-0.05, 0) is 39.2 Å². The van der Waals surface area contributed by atoms with Gasteiger partial charge in [0.25, 0.3) is 5.22 Å². The van der Waals surface area contributed by atoms with Crippen molar-refractivity contribution < 1.29 is 17.6 Å². The van der Waals surface area contributed by atoms with E-state index in [1.807, 2.05) is 24.5 Å². The van der Waals surface area contributed by atoms with E-state index in [2.05, 4.69) is 10.2 Å². The smallest absolute Gasteiger partial charge is 0.277 e. The lowest BCUT2D eigenvalue weighted by molar-refractivity contribution is 0.102. The maximum Gasteiger partial charge on any atom is 0.277 e. The summed E-state index contributed by atoms with van der Waals surface area (Å²) in [7, 11) is -2.98. The molecule has 0 spiro atoms. The Morgan fingerprint density at radius 1 is 1.21 bits per heavy atom. The van der Waals surface area contributed by atoms with Crippen LogP contribution >= 0.6 is 11.8 Å². The fourth-order valence-corrected chi connectivity index (χ4v) is 6.95. The molecule has 158 valence electrons. The molecule has 7 nitrogen and oxygen atoms in total. The highest BCUT2D eigenvalue weighted by Crippen LogP contribution is 2.33. The van der Waals surface area contributed by atoms with Crippen molar-refractivity contribution in [3.63, 3.8) is 0 Å². The summed E-state index contributed by atoms with van der Waals surface area (Å²) in [5, 5.41) is 8.73. The van der Waals surface area contributed by atoms with Crippen LogP contribution in [-0.2, 0) is 9.84 Å². The molecule has 1 aliphatic heterocycles. The molecule has 2 aromatic rings. The molecule has 2 aromatic heterocycles. The molecule has 0 bridgehead atoms. The minimum absolute atomic E-state index is 0.00683. The largest absolute Gasteiger partial charge is 0.416 e. The van der Waals surface area contributed by atoms with E-state index in [1.165, 1.54) is 31.0 Å². The number of carbonyl (C=O) groups is 1. The Morgan fingerprint density at radius 3 is 2.66 bits per heavy atom. The number of aryl methyl sites for hydroxylation is 1. The maximum absolute atomic E-state index is 12.8. The molecule has 3 heterocycles. The Balaban J connectivity index is 1.42. The summed E-state index contributed by atoms with van der Waals surface area (Å²) < 4.78 is 31.5. The SMILES string of the molecule is Cc1cc(C(=O)CSc2nnc(C3CCCCC3)o2)c(C)n1C1CCS(=O)(=O)C1. The van der Waals surface area contributed by atoms with Gasteiger partial charge in [-0.15, -0.1) is 10.2 Å². The van der Waals surface area contributed by atoms with Gasteiger partial charge in [-0.25, -0.2) is 8.42 Å². The zero-order chi connectivity index (χ0) is 20.6. The average Bonchev–Trinajstić information content (AvgIpc) is 3.38. The van der Waals surface area contributed by atoms with Gasteiger partial charge < -0.3 is 8.98 Å². The fourth-order valence-electron chi connectivity index (χ4n) is 4.60. The van der Waals surface area contributed by atoms with E-state index in [1.54, 1.807) is 0 Å². The third-order valence-electron chi connectivity index (χ3n) is 6.06. The number of Topliss-reactive ketones (excluding diaryl/α,β-unsaturated/α-hetero) is 1. The van der Waals surface area contributed by atoms with Crippen LogP contribution in [0.5, 0.6) is 0 Å². The number of sulfone groups is 1. The lowest BCUT2D eigenvalue weighted by Crippen LogP contribution is -2.14. The Kier molecular flexibility index (Phi) is 5.88. The third-order valence-corrected chi connectivity index (χ3v) is 8.63. The summed E-state index contributed by atoms with van der Waals surface area (Å²) in [5.41, 5.74) is 2.41. The van der Waals surface area contributed by atoms with Gasteiger partial charge in [0.05, 0.1) is 17.3 Å². The van der Waals surface area contributed by atoms with Crippen LogP contribution in [0.3, 0.4) is 0 Å². The van der Waals surface area contributed by atoms with Crippen molar-refractivity contribution in [3.8, 4) is 0 Å². The van der Waals surface area contributed by atoms with Crippen LogP contribution in [0, 0.1) is 13.8 Å². The second-order valence-corrected chi connectivity index (χ2v) is 11.3. The van der Waals surface area contributed by atoms with E-state index in [9.17, 15) is 13.2 Å². The molecular weight excluding hydrogens is 410 g/mol. The highest BCUT2D eigenvalue weighted by Gasteiger charge is 2.31. The summed E-state index contributed by atoms with van der Waals surface area (Å²) >= 11 is 1.27. The maximum atomic E-state index is 12.8. The van der Waals surface area contributed by atoms with Gasteiger partial charge in [0, 0.05) is 28.9 Å². The van der Waals surface area contributed by atoms with Gasteiger partial charge in [-0.2, -0.15) is 0 Å². The molecule has 1 unspecified atom stereocenters. The van der Waals surface area contributed by atoms with Crippen molar-refractivity contribution in [2.45, 2.75) is 69.6 Å². The van der Waals surface area contributed by atoms with Crippen LogP contribution in [0.2, 0.25) is 0 Å². The topological polar surface area (TPSA) is 95.1 Å². The van der Waals surface area contributed by atoms with Gasteiger partial charge in [-0.1, -0.05) is 31.0 Å². The quantitative estimate of drug-likeness (QED) is 0.500. The molecule has 1 atom stereocenters. The second kappa shape index (κ2) is 8.26. The van der Waals surface area contributed by atoms with Crippen LogP contribution in [0.1, 0.15) is 78.1 Å². The van der Waals surface area contributed by atoms with Crippen molar-refractivity contribution >= 4 is 27.4 Å². The van der Waals surface area contributed by atoms with E-state index in [0.717, 1.165) is 24.2 Å². The van der Waals surface area contributed by atoms with Crippen LogP contribution in [-0.4, -0.2) is 46.2 Å². The summed E-state index contributed by atoms with van der Waals surface area (Å²) in [4.78, 5) is 12.8.